The van der Waals surface area contributed by atoms with Crippen LogP contribution in [-0.4, -0.2) is 18.6 Å². The van der Waals surface area contributed by atoms with Crippen molar-refractivity contribution in [2.45, 2.75) is 10.5 Å². The second-order valence-electron chi connectivity index (χ2n) is 5.93. The summed E-state index contributed by atoms with van der Waals surface area (Å²) in [7, 11) is -4.09. The van der Waals surface area contributed by atoms with E-state index in [-0.39, 0.29) is 16.2 Å². The van der Waals surface area contributed by atoms with Crippen LogP contribution in [0.1, 0.15) is 16.7 Å². The van der Waals surface area contributed by atoms with Crippen molar-refractivity contribution in [3.8, 4) is 11.5 Å². The molecular weight excluding hydrogens is 359 g/mol. The van der Waals surface area contributed by atoms with Gasteiger partial charge in [-0.2, -0.15) is 8.42 Å². The highest BCUT2D eigenvalue weighted by Crippen LogP contribution is 2.50. The highest BCUT2D eigenvalue weighted by atomic mass is 32.2. The van der Waals surface area contributed by atoms with Crippen molar-refractivity contribution in [2.24, 2.45) is 0 Å². The smallest absolute Gasteiger partial charge is 0.298 e. The van der Waals surface area contributed by atoms with Gasteiger partial charge >= 0.3 is 0 Å². The Kier molecular flexibility index (Phi) is 3.54. The third kappa shape index (κ3) is 2.28. The molecule has 0 spiro atoms. The molecule has 2 N–H and O–H groups in total. The van der Waals surface area contributed by atoms with Crippen LogP contribution in [0.4, 0.5) is 4.39 Å². The minimum absolute atomic E-state index is 0.00470. The van der Waals surface area contributed by atoms with Gasteiger partial charge in [0.25, 0.3) is 10.1 Å². The standard InChI is InChI=1S/C19H13FO5S/c20-16-11-13(7-10-17(16)22)19(12-5-8-14(21)9-6-12)15-3-1-2-4-18(15)26(23,24)25-19/h1-11,21-22H. The highest BCUT2D eigenvalue weighted by molar-refractivity contribution is 7.87. The van der Waals surface area contributed by atoms with Gasteiger partial charge in [0.2, 0.25) is 0 Å². The van der Waals surface area contributed by atoms with E-state index in [9.17, 15) is 23.0 Å². The minimum Gasteiger partial charge on any atom is -0.508 e. The number of fused-ring (bicyclic) bond motifs is 1. The van der Waals surface area contributed by atoms with Gasteiger partial charge < -0.3 is 10.2 Å². The molecule has 0 radical (unpaired) electrons. The van der Waals surface area contributed by atoms with Crippen LogP contribution < -0.4 is 0 Å². The molecule has 132 valence electrons. The maximum Gasteiger partial charge on any atom is 0.298 e. The second-order valence-corrected chi connectivity index (χ2v) is 7.44. The zero-order valence-corrected chi connectivity index (χ0v) is 14.1. The zero-order valence-electron chi connectivity index (χ0n) is 13.3. The fourth-order valence-corrected chi connectivity index (χ4v) is 4.65. The van der Waals surface area contributed by atoms with E-state index in [1.165, 1.54) is 36.4 Å². The summed E-state index contributed by atoms with van der Waals surface area (Å²) in [5.41, 5.74) is -0.700. The average molecular weight is 372 g/mol. The van der Waals surface area contributed by atoms with E-state index in [0.717, 1.165) is 12.1 Å². The maximum absolute atomic E-state index is 14.1. The Morgan fingerprint density at radius 3 is 2.23 bits per heavy atom. The summed E-state index contributed by atoms with van der Waals surface area (Å²) in [5, 5.41) is 19.1. The summed E-state index contributed by atoms with van der Waals surface area (Å²) < 4.78 is 44.9. The lowest BCUT2D eigenvalue weighted by Gasteiger charge is -2.29. The number of aromatic hydroxyl groups is 2. The molecule has 4 rings (SSSR count). The predicted octanol–water partition coefficient (Wildman–Crippen LogP) is 3.25. The summed E-state index contributed by atoms with van der Waals surface area (Å²) in [6.07, 6.45) is 0. The molecule has 0 saturated heterocycles. The van der Waals surface area contributed by atoms with Crippen LogP contribution in [0.15, 0.2) is 71.6 Å². The number of rotatable bonds is 2. The van der Waals surface area contributed by atoms with E-state index < -0.39 is 27.3 Å². The summed E-state index contributed by atoms with van der Waals surface area (Å²) >= 11 is 0. The van der Waals surface area contributed by atoms with Crippen molar-refractivity contribution < 1.29 is 27.2 Å². The van der Waals surface area contributed by atoms with Crippen molar-refractivity contribution in [3.05, 3.63) is 89.2 Å². The van der Waals surface area contributed by atoms with E-state index in [1.54, 1.807) is 18.2 Å². The van der Waals surface area contributed by atoms with Gasteiger partial charge in [-0.05, 0) is 41.5 Å². The van der Waals surface area contributed by atoms with Gasteiger partial charge in [-0.3, -0.25) is 0 Å². The van der Waals surface area contributed by atoms with Crippen LogP contribution in [0.3, 0.4) is 0 Å². The lowest BCUT2D eigenvalue weighted by atomic mass is 9.80. The first-order chi connectivity index (χ1) is 12.3. The summed E-state index contributed by atoms with van der Waals surface area (Å²) in [4.78, 5) is -0.0124. The molecule has 3 aromatic carbocycles. The Balaban J connectivity index is 2.10. The predicted molar refractivity (Wildman–Crippen MR) is 90.8 cm³/mol. The first-order valence-electron chi connectivity index (χ1n) is 7.68. The third-order valence-corrected chi connectivity index (χ3v) is 5.76. The molecule has 1 heterocycles. The van der Waals surface area contributed by atoms with Crippen molar-refractivity contribution in [2.75, 3.05) is 0 Å². The summed E-state index contributed by atoms with van der Waals surface area (Å²) in [6, 6.07) is 15.7. The Hall–Kier alpha value is -2.90. The zero-order chi connectivity index (χ0) is 18.5. The van der Waals surface area contributed by atoms with Crippen LogP contribution in [0, 0.1) is 5.82 Å². The van der Waals surface area contributed by atoms with Crippen molar-refractivity contribution in [3.63, 3.8) is 0 Å². The van der Waals surface area contributed by atoms with Crippen molar-refractivity contribution in [1.82, 2.24) is 0 Å². The molecule has 0 fully saturated rings. The lowest BCUT2D eigenvalue weighted by Crippen LogP contribution is -2.29. The van der Waals surface area contributed by atoms with Crippen LogP contribution in [-0.2, 0) is 19.9 Å². The van der Waals surface area contributed by atoms with Gasteiger partial charge in [0.15, 0.2) is 17.2 Å². The molecule has 1 aliphatic heterocycles. The third-order valence-electron chi connectivity index (χ3n) is 4.40. The Labute approximate surface area is 149 Å². The number of hydrogen-bond acceptors (Lipinski definition) is 5. The lowest BCUT2D eigenvalue weighted by molar-refractivity contribution is 0.179. The molecule has 1 atom stereocenters. The normalized spacial score (nSPS) is 20.7. The van der Waals surface area contributed by atoms with Crippen molar-refractivity contribution in [1.29, 1.82) is 0 Å². The van der Waals surface area contributed by atoms with Gasteiger partial charge in [0.05, 0.1) is 0 Å². The van der Waals surface area contributed by atoms with Crippen LogP contribution >= 0.6 is 0 Å². The van der Waals surface area contributed by atoms with Gasteiger partial charge in [-0.25, -0.2) is 8.57 Å². The van der Waals surface area contributed by atoms with E-state index in [1.807, 2.05) is 0 Å². The number of hydrogen-bond donors (Lipinski definition) is 2. The summed E-state index contributed by atoms with van der Waals surface area (Å²) in [6.45, 7) is 0. The fourth-order valence-electron chi connectivity index (χ4n) is 3.23. The van der Waals surface area contributed by atoms with Crippen LogP contribution in [0.25, 0.3) is 0 Å². The largest absolute Gasteiger partial charge is 0.508 e. The quantitative estimate of drug-likeness (QED) is 0.675. The SMILES string of the molecule is O=S1(=O)OC(c2ccc(O)cc2)(c2ccc(O)c(F)c2)c2ccccc21. The molecule has 0 amide bonds. The van der Waals surface area contributed by atoms with Gasteiger partial charge in [0.1, 0.15) is 10.6 Å². The van der Waals surface area contributed by atoms with Gasteiger partial charge in [-0.15, -0.1) is 0 Å². The number of halogens is 1. The van der Waals surface area contributed by atoms with E-state index in [4.69, 9.17) is 4.18 Å². The molecule has 0 aromatic heterocycles. The van der Waals surface area contributed by atoms with Crippen LogP contribution in [0.5, 0.6) is 11.5 Å². The van der Waals surface area contributed by atoms with E-state index in [0.29, 0.717) is 11.1 Å². The van der Waals surface area contributed by atoms with Gasteiger partial charge in [0, 0.05) is 5.56 Å². The maximum atomic E-state index is 14.1. The molecular formula is C19H13FO5S. The molecule has 1 unspecified atom stereocenters. The van der Waals surface area contributed by atoms with E-state index >= 15 is 0 Å². The molecule has 5 nitrogen and oxygen atoms in total. The monoisotopic (exact) mass is 372 g/mol. The fraction of sp³-hybridized carbons (Fsp3) is 0.0526. The molecule has 3 aromatic rings. The Morgan fingerprint density at radius 1 is 0.885 bits per heavy atom. The summed E-state index contributed by atoms with van der Waals surface area (Å²) in [5.74, 6) is -1.45. The first-order valence-corrected chi connectivity index (χ1v) is 9.09. The first kappa shape index (κ1) is 16.6. The number of benzene rings is 3. The van der Waals surface area contributed by atoms with E-state index in [2.05, 4.69) is 0 Å². The second kappa shape index (κ2) is 5.55. The Bertz CT molecular complexity index is 1110. The average Bonchev–Trinajstić information content (AvgIpc) is 2.87. The Morgan fingerprint density at radius 2 is 1.54 bits per heavy atom. The number of phenolic OH excluding ortho intramolecular Hbond substituents is 2. The minimum atomic E-state index is -4.09. The molecule has 0 aliphatic carbocycles. The topological polar surface area (TPSA) is 83.8 Å². The molecule has 1 aliphatic rings. The molecule has 26 heavy (non-hydrogen) atoms. The van der Waals surface area contributed by atoms with Crippen LogP contribution in [0.2, 0.25) is 0 Å². The molecule has 0 bridgehead atoms. The number of phenols is 2. The molecule has 7 heteroatoms. The van der Waals surface area contributed by atoms with Crippen molar-refractivity contribution >= 4 is 10.1 Å². The highest BCUT2D eigenvalue weighted by Gasteiger charge is 2.51. The molecule has 0 saturated carbocycles. The van der Waals surface area contributed by atoms with Gasteiger partial charge in [-0.1, -0.05) is 36.4 Å².